The Morgan fingerprint density at radius 3 is 2.53 bits per heavy atom. The molecule has 0 spiro atoms. The summed E-state index contributed by atoms with van der Waals surface area (Å²) >= 11 is 0. The number of hydrazine groups is 1. The summed E-state index contributed by atoms with van der Waals surface area (Å²) < 4.78 is 34.9. The minimum atomic E-state index is -3.84. The molecule has 0 aliphatic carbocycles. The Balaban J connectivity index is 1.32. The highest BCUT2D eigenvalue weighted by Gasteiger charge is 2.32. The number of piperazine rings is 1. The van der Waals surface area contributed by atoms with Crippen LogP contribution in [0.5, 0.6) is 5.75 Å². The number of carbonyl (C=O) groups is 1. The molecular weight excluding hydrogens is 598 g/mol. The first kappa shape index (κ1) is 32.3. The number of hydrogen-bond acceptors (Lipinski definition) is 10. The molecule has 1 saturated heterocycles. The lowest BCUT2D eigenvalue weighted by molar-refractivity contribution is -0.124. The number of nitrogens with zero attached hydrogens (tertiary/aromatic N) is 4. The fourth-order valence-corrected chi connectivity index (χ4v) is 7.09. The third-order valence-electron chi connectivity index (χ3n) is 7.91. The quantitative estimate of drug-likeness (QED) is 0.140. The zero-order valence-electron chi connectivity index (χ0n) is 25.6. The summed E-state index contributed by atoms with van der Waals surface area (Å²) in [6, 6.07) is 12.2. The molecule has 0 radical (unpaired) electrons. The Hall–Kier alpha value is -4.08. The highest BCUT2D eigenvalue weighted by molar-refractivity contribution is 7.89. The van der Waals surface area contributed by atoms with Gasteiger partial charge in [-0.25, -0.2) is 24.3 Å². The highest BCUT2D eigenvalue weighted by atomic mass is 32.2. The number of sulfonamides is 1. The van der Waals surface area contributed by atoms with E-state index in [1.165, 1.54) is 16.4 Å². The van der Waals surface area contributed by atoms with E-state index in [1.54, 1.807) is 35.7 Å². The number of aromatic amines is 1. The fourth-order valence-electron chi connectivity index (χ4n) is 5.64. The Kier molecular flexibility index (Phi) is 9.99. The summed E-state index contributed by atoms with van der Waals surface area (Å²) in [7, 11) is -2.06. The van der Waals surface area contributed by atoms with E-state index < -0.39 is 15.9 Å². The fraction of sp³-hybridized carbons (Fsp3) is 0.387. The van der Waals surface area contributed by atoms with Crippen molar-refractivity contribution in [3.8, 4) is 17.1 Å². The molecule has 1 fully saturated rings. The number of anilines is 1. The van der Waals surface area contributed by atoms with E-state index >= 15 is 0 Å². The molecule has 1 amide bonds. The van der Waals surface area contributed by atoms with E-state index in [9.17, 15) is 18.0 Å². The molecule has 2 aliphatic heterocycles. The number of amides is 1. The van der Waals surface area contributed by atoms with Gasteiger partial charge < -0.3 is 14.7 Å². The number of rotatable bonds is 11. The second-order valence-electron chi connectivity index (χ2n) is 11.0. The third-order valence-corrected chi connectivity index (χ3v) is 9.81. The minimum absolute atomic E-state index is 0.108. The summed E-state index contributed by atoms with van der Waals surface area (Å²) in [4.78, 5) is 34.3. The number of hydrogen-bond donors (Lipinski definition) is 4. The summed E-state index contributed by atoms with van der Waals surface area (Å²) in [5.74, 6) is 0.101. The average molecular weight is 638 g/mol. The summed E-state index contributed by atoms with van der Waals surface area (Å²) in [6.45, 7) is 6.69. The predicted molar refractivity (Wildman–Crippen MR) is 170 cm³/mol. The van der Waals surface area contributed by atoms with Crippen molar-refractivity contribution in [2.75, 3.05) is 44.8 Å². The molecule has 13 nitrogen and oxygen atoms in total. The van der Waals surface area contributed by atoms with E-state index in [2.05, 4.69) is 22.2 Å². The van der Waals surface area contributed by atoms with Crippen LogP contribution in [-0.4, -0.2) is 78.5 Å². The summed E-state index contributed by atoms with van der Waals surface area (Å²) in [5.41, 5.74) is 7.90. The topological polar surface area (TPSA) is 160 Å². The SMILES string of the molecule is CCCC1NN(C)c2c1nc(-c1cc(S(=O)(=O)N3CCN(Cc4ccc(/C=C/C(=O)NO)cc4)CC3)ccc1OCC)[nH]c2=O. The van der Waals surface area contributed by atoms with Crippen molar-refractivity contribution in [3.63, 3.8) is 0 Å². The lowest BCUT2D eigenvalue weighted by Gasteiger charge is -2.34. The normalized spacial score (nSPS) is 17.5. The number of nitrogens with one attached hydrogen (secondary N) is 3. The van der Waals surface area contributed by atoms with Crippen molar-refractivity contribution >= 4 is 27.7 Å². The van der Waals surface area contributed by atoms with E-state index in [0.717, 1.165) is 24.0 Å². The smallest absolute Gasteiger partial charge is 0.276 e. The molecule has 3 aromatic rings. The van der Waals surface area contributed by atoms with Crippen molar-refractivity contribution in [1.29, 1.82) is 0 Å². The van der Waals surface area contributed by atoms with E-state index in [0.29, 0.717) is 62.0 Å². The maximum atomic E-state index is 13.8. The van der Waals surface area contributed by atoms with Gasteiger partial charge in [-0.05, 0) is 48.7 Å². The molecule has 1 atom stereocenters. The first-order valence-corrected chi connectivity index (χ1v) is 16.4. The van der Waals surface area contributed by atoms with E-state index in [-0.39, 0.29) is 22.3 Å². The minimum Gasteiger partial charge on any atom is -0.493 e. The van der Waals surface area contributed by atoms with Crippen LogP contribution in [0.15, 0.2) is 58.2 Å². The van der Waals surface area contributed by atoms with E-state index in [4.69, 9.17) is 14.9 Å². The van der Waals surface area contributed by atoms with Gasteiger partial charge in [-0.2, -0.15) is 4.31 Å². The van der Waals surface area contributed by atoms with Crippen LogP contribution < -0.4 is 26.2 Å². The molecule has 5 rings (SSSR count). The van der Waals surface area contributed by atoms with Gasteiger partial charge in [0.2, 0.25) is 10.0 Å². The van der Waals surface area contributed by atoms with Crippen LogP contribution in [0, 0.1) is 0 Å². The van der Waals surface area contributed by atoms with Crippen LogP contribution in [0.2, 0.25) is 0 Å². The second-order valence-corrected chi connectivity index (χ2v) is 12.9. The van der Waals surface area contributed by atoms with Crippen molar-refractivity contribution < 1.29 is 23.2 Å². The number of hydroxylamine groups is 1. The van der Waals surface area contributed by atoms with Gasteiger partial charge in [0.1, 0.15) is 17.3 Å². The number of aromatic nitrogens is 2. The number of carbonyl (C=O) groups excluding carboxylic acids is 1. The average Bonchev–Trinajstić information content (AvgIpc) is 3.36. The predicted octanol–water partition coefficient (Wildman–Crippen LogP) is 2.66. The van der Waals surface area contributed by atoms with Gasteiger partial charge in [0.15, 0.2) is 0 Å². The van der Waals surface area contributed by atoms with Crippen molar-refractivity contribution in [2.45, 2.75) is 44.2 Å². The Bertz CT molecular complexity index is 1720. The van der Waals surface area contributed by atoms with Crippen LogP contribution in [0.25, 0.3) is 17.5 Å². The lowest BCUT2D eigenvalue weighted by Crippen LogP contribution is -2.48. The van der Waals surface area contributed by atoms with Crippen LogP contribution in [0.4, 0.5) is 5.69 Å². The van der Waals surface area contributed by atoms with Gasteiger partial charge in [0.05, 0.1) is 28.8 Å². The molecule has 240 valence electrons. The molecule has 0 bridgehead atoms. The van der Waals surface area contributed by atoms with Crippen molar-refractivity contribution in [2.24, 2.45) is 0 Å². The van der Waals surface area contributed by atoms with Gasteiger partial charge in [-0.15, -0.1) is 0 Å². The molecule has 0 saturated carbocycles. The van der Waals surface area contributed by atoms with Gasteiger partial charge in [0, 0.05) is 45.8 Å². The van der Waals surface area contributed by atoms with Crippen LogP contribution >= 0.6 is 0 Å². The summed E-state index contributed by atoms with van der Waals surface area (Å²) in [6.07, 6.45) is 4.53. The molecule has 2 aromatic carbocycles. The van der Waals surface area contributed by atoms with Gasteiger partial charge in [-0.1, -0.05) is 37.6 Å². The number of fused-ring (bicyclic) bond motifs is 1. The Morgan fingerprint density at radius 2 is 1.87 bits per heavy atom. The van der Waals surface area contributed by atoms with Crippen LogP contribution in [0.1, 0.15) is 49.6 Å². The lowest BCUT2D eigenvalue weighted by atomic mass is 10.1. The first-order chi connectivity index (χ1) is 21.6. The van der Waals surface area contributed by atoms with Crippen LogP contribution in [0.3, 0.4) is 0 Å². The Morgan fingerprint density at radius 1 is 1.13 bits per heavy atom. The number of benzene rings is 2. The summed E-state index contributed by atoms with van der Waals surface area (Å²) in [5, 5.41) is 10.3. The number of H-pyrrole nitrogens is 1. The monoisotopic (exact) mass is 637 g/mol. The van der Waals surface area contributed by atoms with Gasteiger partial charge in [0.25, 0.3) is 11.5 Å². The Labute approximate surface area is 262 Å². The maximum absolute atomic E-state index is 13.8. The molecule has 2 aliphatic rings. The molecule has 45 heavy (non-hydrogen) atoms. The third kappa shape index (κ3) is 7.10. The standard InChI is InChI=1S/C31H39N7O6S/c1-4-6-25-28-29(36(3)34-25)31(40)33-30(32-28)24-19-23(12-13-26(24)44-5-2)45(42,43)38-17-15-37(16-18-38)20-22-9-7-21(8-10-22)11-14-27(39)35-41/h7-14,19,25,34,41H,4-6,15-18,20H2,1-3H3,(H,35,39)(H,32,33,40)/b14-11+. The highest BCUT2D eigenvalue weighted by Crippen LogP contribution is 2.35. The molecule has 1 unspecified atom stereocenters. The van der Waals surface area contributed by atoms with Crippen molar-refractivity contribution in [3.05, 3.63) is 75.7 Å². The zero-order valence-corrected chi connectivity index (χ0v) is 26.4. The molecular formula is C31H39N7O6S. The second kappa shape index (κ2) is 13.9. The van der Waals surface area contributed by atoms with E-state index in [1.807, 2.05) is 31.2 Å². The number of ether oxygens (including phenoxy) is 1. The van der Waals surface area contributed by atoms with Gasteiger partial charge in [-0.3, -0.25) is 19.7 Å². The first-order valence-electron chi connectivity index (χ1n) is 15.0. The largest absolute Gasteiger partial charge is 0.493 e. The maximum Gasteiger partial charge on any atom is 0.276 e. The molecule has 14 heteroatoms. The zero-order chi connectivity index (χ0) is 32.1. The van der Waals surface area contributed by atoms with Crippen molar-refractivity contribution in [1.82, 2.24) is 30.1 Å². The molecule has 4 N–H and O–H groups in total. The molecule has 3 heterocycles. The van der Waals surface area contributed by atoms with Crippen LogP contribution in [-0.2, 0) is 21.4 Å². The van der Waals surface area contributed by atoms with Gasteiger partial charge >= 0.3 is 0 Å². The molecule has 1 aromatic heterocycles.